The molecule has 0 aliphatic heterocycles. The van der Waals surface area contributed by atoms with Crippen molar-refractivity contribution in [2.75, 3.05) is 5.75 Å². The van der Waals surface area contributed by atoms with Gasteiger partial charge in [0.05, 0.1) is 17.9 Å². The van der Waals surface area contributed by atoms with E-state index in [2.05, 4.69) is 10.2 Å². The quantitative estimate of drug-likeness (QED) is 0.726. The molecule has 5 nitrogen and oxygen atoms in total. The van der Waals surface area contributed by atoms with Gasteiger partial charge in [-0.05, 0) is 25.5 Å². The number of aryl methyl sites for hydroxylation is 2. The van der Waals surface area contributed by atoms with E-state index in [0.717, 1.165) is 27.9 Å². The Morgan fingerprint density at radius 3 is 2.57 bits per heavy atom. The van der Waals surface area contributed by atoms with Crippen LogP contribution in [-0.4, -0.2) is 25.6 Å². The van der Waals surface area contributed by atoms with Crippen LogP contribution >= 0.6 is 11.8 Å². The zero-order valence-corrected chi connectivity index (χ0v) is 14.2. The van der Waals surface area contributed by atoms with Crippen molar-refractivity contribution in [3.8, 4) is 11.4 Å². The minimum atomic E-state index is -0.531. The van der Waals surface area contributed by atoms with Gasteiger partial charge in [0.25, 0.3) is 0 Å². The van der Waals surface area contributed by atoms with Gasteiger partial charge < -0.3 is 14.1 Å². The third-order valence-corrected chi connectivity index (χ3v) is 4.86. The van der Waals surface area contributed by atoms with Crippen molar-refractivity contribution < 1.29 is 9.52 Å². The molecule has 0 fully saturated rings. The maximum Gasteiger partial charge on any atom is 0.191 e. The predicted molar refractivity (Wildman–Crippen MR) is 90.3 cm³/mol. The second kappa shape index (κ2) is 6.60. The number of aliphatic hydroxyl groups excluding tert-OH is 1. The zero-order chi connectivity index (χ0) is 16.4. The first-order valence-corrected chi connectivity index (χ1v) is 8.36. The van der Waals surface area contributed by atoms with Crippen molar-refractivity contribution >= 4 is 11.8 Å². The third kappa shape index (κ3) is 3.33. The van der Waals surface area contributed by atoms with E-state index in [4.69, 9.17) is 4.42 Å². The van der Waals surface area contributed by atoms with Gasteiger partial charge in [-0.25, -0.2) is 0 Å². The zero-order valence-electron chi connectivity index (χ0n) is 13.4. The van der Waals surface area contributed by atoms with E-state index < -0.39 is 6.10 Å². The standard InChI is InChI=1S/C17H19N3O2S/c1-11-4-6-13(7-5-11)15(21)10-23-17-19-18-16(20(17)3)14-8-9-22-12(14)2/h4-9,15,21H,10H2,1-3H3. The monoisotopic (exact) mass is 329 g/mol. The first kappa shape index (κ1) is 15.8. The Kier molecular flexibility index (Phi) is 4.54. The summed E-state index contributed by atoms with van der Waals surface area (Å²) in [6.45, 7) is 3.93. The average Bonchev–Trinajstić information content (AvgIpc) is 3.11. The van der Waals surface area contributed by atoms with Crippen LogP contribution in [0.3, 0.4) is 0 Å². The van der Waals surface area contributed by atoms with E-state index in [9.17, 15) is 5.11 Å². The smallest absolute Gasteiger partial charge is 0.191 e. The average molecular weight is 329 g/mol. The molecule has 1 N–H and O–H groups in total. The molecular weight excluding hydrogens is 310 g/mol. The van der Waals surface area contributed by atoms with Crippen molar-refractivity contribution in [1.82, 2.24) is 14.8 Å². The number of thioether (sulfide) groups is 1. The van der Waals surface area contributed by atoms with E-state index >= 15 is 0 Å². The highest BCUT2D eigenvalue weighted by Gasteiger charge is 2.16. The molecule has 6 heteroatoms. The summed E-state index contributed by atoms with van der Waals surface area (Å²) in [5.41, 5.74) is 3.03. The largest absolute Gasteiger partial charge is 0.469 e. The van der Waals surface area contributed by atoms with Gasteiger partial charge in [0.15, 0.2) is 11.0 Å². The lowest BCUT2D eigenvalue weighted by atomic mass is 10.1. The molecule has 0 spiro atoms. The Labute approximate surface area is 139 Å². The Hall–Kier alpha value is -2.05. The van der Waals surface area contributed by atoms with Crippen LogP contribution in [0, 0.1) is 13.8 Å². The minimum Gasteiger partial charge on any atom is -0.469 e. The lowest BCUT2D eigenvalue weighted by Crippen LogP contribution is -2.02. The second-order valence-corrected chi connectivity index (χ2v) is 6.48. The maximum atomic E-state index is 10.3. The van der Waals surface area contributed by atoms with Crippen LogP contribution in [-0.2, 0) is 7.05 Å². The molecule has 120 valence electrons. The molecule has 23 heavy (non-hydrogen) atoms. The van der Waals surface area contributed by atoms with Gasteiger partial charge in [0.2, 0.25) is 0 Å². The van der Waals surface area contributed by atoms with Gasteiger partial charge in [0.1, 0.15) is 5.76 Å². The minimum absolute atomic E-state index is 0.527. The molecule has 0 bridgehead atoms. The summed E-state index contributed by atoms with van der Waals surface area (Å²) in [4.78, 5) is 0. The summed E-state index contributed by atoms with van der Waals surface area (Å²) in [7, 11) is 1.92. The topological polar surface area (TPSA) is 64.1 Å². The molecule has 3 rings (SSSR count). The number of benzene rings is 1. The molecule has 1 aromatic carbocycles. The lowest BCUT2D eigenvalue weighted by Gasteiger charge is -2.10. The third-order valence-electron chi connectivity index (χ3n) is 3.77. The van der Waals surface area contributed by atoms with E-state index in [1.165, 1.54) is 17.3 Å². The Bertz CT molecular complexity index is 793. The van der Waals surface area contributed by atoms with Crippen LogP contribution in [0.1, 0.15) is 23.0 Å². The van der Waals surface area contributed by atoms with Crippen LogP contribution in [0.5, 0.6) is 0 Å². The number of furan rings is 1. The molecule has 1 unspecified atom stereocenters. The molecule has 0 saturated carbocycles. The Balaban J connectivity index is 1.71. The summed E-state index contributed by atoms with van der Waals surface area (Å²) >= 11 is 1.49. The van der Waals surface area contributed by atoms with Crippen molar-refractivity contribution in [3.05, 3.63) is 53.5 Å². The SMILES string of the molecule is Cc1ccc(C(O)CSc2nnc(-c3ccoc3C)n2C)cc1. The highest BCUT2D eigenvalue weighted by molar-refractivity contribution is 7.99. The van der Waals surface area contributed by atoms with Crippen molar-refractivity contribution in [1.29, 1.82) is 0 Å². The normalized spacial score (nSPS) is 12.5. The Morgan fingerprint density at radius 2 is 1.91 bits per heavy atom. The number of hydrogen-bond donors (Lipinski definition) is 1. The van der Waals surface area contributed by atoms with Crippen LogP contribution in [0.2, 0.25) is 0 Å². The van der Waals surface area contributed by atoms with E-state index in [-0.39, 0.29) is 0 Å². The van der Waals surface area contributed by atoms with E-state index in [1.807, 2.05) is 55.8 Å². The molecule has 2 heterocycles. The molecule has 0 aliphatic rings. The summed E-state index contributed by atoms with van der Waals surface area (Å²) in [5.74, 6) is 2.11. The van der Waals surface area contributed by atoms with Crippen LogP contribution < -0.4 is 0 Å². The highest BCUT2D eigenvalue weighted by atomic mass is 32.2. The number of aliphatic hydroxyl groups is 1. The fraction of sp³-hybridized carbons (Fsp3) is 0.294. The van der Waals surface area contributed by atoms with E-state index in [0.29, 0.717) is 5.75 Å². The lowest BCUT2D eigenvalue weighted by molar-refractivity contribution is 0.204. The number of aromatic nitrogens is 3. The summed E-state index contributed by atoms with van der Waals surface area (Å²) < 4.78 is 7.24. The maximum absolute atomic E-state index is 10.3. The Morgan fingerprint density at radius 1 is 1.17 bits per heavy atom. The molecule has 1 atom stereocenters. The number of hydrogen-bond acceptors (Lipinski definition) is 5. The molecule has 0 radical (unpaired) electrons. The summed E-state index contributed by atoms with van der Waals surface area (Å²) in [5, 5.41) is 19.5. The van der Waals surface area contributed by atoms with E-state index in [1.54, 1.807) is 6.26 Å². The first-order chi connectivity index (χ1) is 11.1. The van der Waals surface area contributed by atoms with Crippen LogP contribution in [0.15, 0.2) is 46.2 Å². The fourth-order valence-corrected chi connectivity index (χ4v) is 3.21. The predicted octanol–water partition coefficient (Wildman–Crippen LogP) is 3.52. The summed E-state index contributed by atoms with van der Waals surface area (Å²) in [6, 6.07) is 9.81. The van der Waals surface area contributed by atoms with Crippen molar-refractivity contribution in [3.63, 3.8) is 0 Å². The molecule has 2 aromatic heterocycles. The fourth-order valence-electron chi connectivity index (χ4n) is 2.33. The van der Waals surface area contributed by atoms with Gasteiger partial charge in [-0.15, -0.1) is 10.2 Å². The van der Waals surface area contributed by atoms with Crippen molar-refractivity contribution in [2.45, 2.75) is 25.1 Å². The summed E-state index contributed by atoms with van der Waals surface area (Å²) in [6.07, 6.45) is 1.12. The first-order valence-electron chi connectivity index (χ1n) is 7.37. The van der Waals surface area contributed by atoms with Gasteiger partial charge >= 0.3 is 0 Å². The van der Waals surface area contributed by atoms with Gasteiger partial charge in [-0.1, -0.05) is 41.6 Å². The molecule has 0 amide bonds. The molecular formula is C17H19N3O2S. The number of nitrogens with zero attached hydrogens (tertiary/aromatic N) is 3. The van der Waals surface area contributed by atoms with Crippen LogP contribution in [0.25, 0.3) is 11.4 Å². The highest BCUT2D eigenvalue weighted by Crippen LogP contribution is 2.28. The molecule has 3 aromatic rings. The van der Waals surface area contributed by atoms with Gasteiger partial charge in [-0.2, -0.15) is 0 Å². The second-order valence-electron chi connectivity index (χ2n) is 5.49. The van der Waals surface area contributed by atoms with Crippen LogP contribution in [0.4, 0.5) is 0 Å². The molecule has 0 aliphatic carbocycles. The van der Waals surface area contributed by atoms with Gasteiger partial charge in [-0.3, -0.25) is 0 Å². The van der Waals surface area contributed by atoms with Gasteiger partial charge in [0, 0.05) is 12.8 Å². The number of rotatable bonds is 5. The molecule has 0 saturated heterocycles. The van der Waals surface area contributed by atoms with Crippen molar-refractivity contribution in [2.24, 2.45) is 7.05 Å².